The number of likely N-dealkylation sites (N-methyl/N-ethyl adjacent to an activating group) is 1. The second-order valence-corrected chi connectivity index (χ2v) is 6.45. The van der Waals surface area contributed by atoms with E-state index in [0.717, 1.165) is 13.0 Å². The molecule has 0 aliphatic rings. The van der Waals surface area contributed by atoms with Gasteiger partial charge in [0.25, 0.3) is 0 Å². The molecule has 1 N–H and O–H groups in total. The Bertz CT molecular complexity index is 258. The van der Waals surface area contributed by atoms with Gasteiger partial charge in [-0.25, -0.2) is 8.42 Å². The summed E-state index contributed by atoms with van der Waals surface area (Å²) in [4.78, 5) is 0. The third kappa shape index (κ3) is 7.19. The van der Waals surface area contributed by atoms with E-state index in [-0.39, 0.29) is 23.5 Å². The van der Waals surface area contributed by atoms with E-state index in [1.807, 2.05) is 20.8 Å². The van der Waals surface area contributed by atoms with E-state index in [4.69, 9.17) is 4.74 Å². The molecule has 0 rings (SSSR count). The van der Waals surface area contributed by atoms with Gasteiger partial charge in [-0.15, -0.1) is 0 Å². The van der Waals surface area contributed by atoms with Crippen molar-refractivity contribution in [2.45, 2.75) is 33.2 Å². The Labute approximate surface area is 99.7 Å². The Kier molecular flexibility index (Phi) is 7.97. The first-order valence-electron chi connectivity index (χ1n) is 5.87. The Morgan fingerprint density at radius 1 is 1.25 bits per heavy atom. The summed E-state index contributed by atoms with van der Waals surface area (Å²) in [6.45, 7) is 7.14. The molecule has 0 fully saturated rings. The van der Waals surface area contributed by atoms with Gasteiger partial charge in [0, 0.05) is 13.2 Å². The Morgan fingerprint density at radius 3 is 2.31 bits per heavy atom. The molecule has 0 aliphatic carbocycles. The Hall–Kier alpha value is -0.130. The van der Waals surface area contributed by atoms with Gasteiger partial charge in [0.05, 0.1) is 18.1 Å². The summed E-state index contributed by atoms with van der Waals surface area (Å²) in [6.07, 6.45) is 0.898. The van der Waals surface area contributed by atoms with Gasteiger partial charge in [-0.3, -0.25) is 0 Å². The smallest absolute Gasteiger partial charge is 0.152 e. The molecule has 0 saturated heterocycles. The van der Waals surface area contributed by atoms with Gasteiger partial charge in [0.2, 0.25) is 0 Å². The highest BCUT2D eigenvalue weighted by Crippen LogP contribution is 2.07. The van der Waals surface area contributed by atoms with E-state index in [2.05, 4.69) is 5.32 Å². The molecule has 0 radical (unpaired) electrons. The number of rotatable bonds is 9. The van der Waals surface area contributed by atoms with E-state index in [1.54, 1.807) is 7.11 Å². The zero-order chi connectivity index (χ0) is 12.6. The lowest BCUT2D eigenvalue weighted by Crippen LogP contribution is -2.40. The number of hydrogen-bond acceptors (Lipinski definition) is 4. The molecule has 0 aromatic carbocycles. The van der Waals surface area contributed by atoms with Gasteiger partial charge in [0.1, 0.15) is 0 Å². The van der Waals surface area contributed by atoms with Crippen LogP contribution in [0.5, 0.6) is 0 Å². The highest BCUT2D eigenvalue weighted by Gasteiger charge is 2.20. The third-order valence-corrected chi connectivity index (χ3v) is 4.54. The predicted octanol–water partition coefficient (Wildman–Crippen LogP) is 1.07. The SMILES string of the molecule is CCNC(COC)CS(=O)(=O)CC(C)CC. The molecule has 2 atom stereocenters. The molecule has 0 aliphatic heterocycles. The zero-order valence-electron chi connectivity index (χ0n) is 10.8. The van der Waals surface area contributed by atoms with Crippen LogP contribution in [0.15, 0.2) is 0 Å². The second kappa shape index (κ2) is 8.03. The van der Waals surface area contributed by atoms with Crippen LogP contribution >= 0.6 is 0 Å². The summed E-state index contributed by atoms with van der Waals surface area (Å²) in [5.41, 5.74) is 0. The van der Waals surface area contributed by atoms with Crippen LogP contribution in [0.2, 0.25) is 0 Å². The standard InChI is InChI=1S/C11H25NO3S/c1-5-10(3)8-16(13,14)9-11(7-15-4)12-6-2/h10-12H,5-9H2,1-4H3. The van der Waals surface area contributed by atoms with Crippen molar-refractivity contribution in [3.8, 4) is 0 Å². The summed E-state index contributed by atoms with van der Waals surface area (Å²) in [7, 11) is -1.39. The molecule has 0 bridgehead atoms. The molecule has 0 heterocycles. The van der Waals surface area contributed by atoms with Crippen LogP contribution in [-0.4, -0.2) is 46.2 Å². The van der Waals surface area contributed by atoms with Gasteiger partial charge in [0.15, 0.2) is 9.84 Å². The average Bonchev–Trinajstić information content (AvgIpc) is 2.17. The van der Waals surface area contributed by atoms with Gasteiger partial charge >= 0.3 is 0 Å². The Morgan fingerprint density at radius 2 is 1.88 bits per heavy atom. The number of sulfone groups is 1. The van der Waals surface area contributed by atoms with Crippen molar-refractivity contribution in [3.05, 3.63) is 0 Å². The van der Waals surface area contributed by atoms with Crippen molar-refractivity contribution in [1.82, 2.24) is 5.32 Å². The van der Waals surface area contributed by atoms with E-state index in [0.29, 0.717) is 6.61 Å². The number of ether oxygens (including phenoxy) is 1. The molecule has 4 nitrogen and oxygen atoms in total. The van der Waals surface area contributed by atoms with Gasteiger partial charge in [-0.05, 0) is 12.5 Å². The second-order valence-electron chi connectivity index (χ2n) is 4.30. The minimum atomic E-state index is -2.98. The number of nitrogens with one attached hydrogen (secondary N) is 1. The van der Waals surface area contributed by atoms with Crippen molar-refractivity contribution in [1.29, 1.82) is 0 Å². The van der Waals surface area contributed by atoms with Gasteiger partial charge < -0.3 is 10.1 Å². The molecular weight excluding hydrogens is 226 g/mol. The fourth-order valence-electron chi connectivity index (χ4n) is 1.58. The van der Waals surface area contributed by atoms with E-state index in [1.165, 1.54) is 0 Å². The van der Waals surface area contributed by atoms with Crippen molar-refractivity contribution in [3.63, 3.8) is 0 Å². The molecule has 98 valence electrons. The molecule has 0 saturated carbocycles. The summed E-state index contributed by atoms with van der Waals surface area (Å²) in [6, 6.07) is -0.0935. The van der Waals surface area contributed by atoms with Crippen LogP contribution < -0.4 is 5.32 Å². The summed E-state index contributed by atoms with van der Waals surface area (Å²) < 4.78 is 28.7. The van der Waals surface area contributed by atoms with Crippen LogP contribution in [-0.2, 0) is 14.6 Å². The first-order chi connectivity index (χ1) is 7.45. The summed E-state index contributed by atoms with van der Waals surface area (Å²) >= 11 is 0. The first-order valence-corrected chi connectivity index (χ1v) is 7.70. The Balaban J connectivity index is 4.29. The quantitative estimate of drug-likeness (QED) is 0.666. The minimum Gasteiger partial charge on any atom is -0.383 e. The third-order valence-electron chi connectivity index (χ3n) is 2.55. The lowest BCUT2D eigenvalue weighted by molar-refractivity contribution is 0.174. The topological polar surface area (TPSA) is 55.4 Å². The molecule has 5 heteroatoms. The first kappa shape index (κ1) is 15.9. The van der Waals surface area contributed by atoms with E-state index >= 15 is 0 Å². The van der Waals surface area contributed by atoms with Crippen molar-refractivity contribution in [2.24, 2.45) is 5.92 Å². The molecular formula is C11H25NO3S. The largest absolute Gasteiger partial charge is 0.383 e. The van der Waals surface area contributed by atoms with Gasteiger partial charge in [-0.1, -0.05) is 27.2 Å². The fraction of sp³-hybridized carbons (Fsp3) is 1.00. The summed E-state index contributed by atoms with van der Waals surface area (Å²) in [5.74, 6) is 0.670. The van der Waals surface area contributed by atoms with Crippen LogP contribution in [0.4, 0.5) is 0 Å². The maximum absolute atomic E-state index is 11.9. The fourth-order valence-corrected chi connectivity index (χ4v) is 3.65. The monoisotopic (exact) mass is 251 g/mol. The number of hydrogen-bond donors (Lipinski definition) is 1. The minimum absolute atomic E-state index is 0.0935. The van der Waals surface area contributed by atoms with E-state index in [9.17, 15) is 8.42 Å². The molecule has 0 spiro atoms. The normalized spacial score (nSPS) is 16.0. The average molecular weight is 251 g/mol. The summed E-state index contributed by atoms with van der Waals surface area (Å²) in [5, 5.41) is 3.13. The molecule has 0 aromatic rings. The molecule has 2 unspecified atom stereocenters. The highest BCUT2D eigenvalue weighted by molar-refractivity contribution is 7.91. The van der Waals surface area contributed by atoms with Crippen molar-refractivity contribution in [2.75, 3.05) is 31.8 Å². The lowest BCUT2D eigenvalue weighted by Gasteiger charge is -2.18. The maximum atomic E-state index is 11.9. The molecule has 16 heavy (non-hydrogen) atoms. The van der Waals surface area contributed by atoms with Crippen molar-refractivity contribution < 1.29 is 13.2 Å². The molecule has 0 aromatic heterocycles. The lowest BCUT2D eigenvalue weighted by atomic mass is 10.2. The predicted molar refractivity (Wildman–Crippen MR) is 67.4 cm³/mol. The van der Waals surface area contributed by atoms with E-state index < -0.39 is 9.84 Å². The van der Waals surface area contributed by atoms with Crippen LogP contribution in [0.25, 0.3) is 0 Å². The maximum Gasteiger partial charge on any atom is 0.152 e. The number of methoxy groups -OCH3 is 1. The zero-order valence-corrected chi connectivity index (χ0v) is 11.6. The highest BCUT2D eigenvalue weighted by atomic mass is 32.2. The van der Waals surface area contributed by atoms with Crippen LogP contribution in [0.3, 0.4) is 0 Å². The van der Waals surface area contributed by atoms with Crippen LogP contribution in [0.1, 0.15) is 27.2 Å². The van der Waals surface area contributed by atoms with Crippen LogP contribution in [0, 0.1) is 5.92 Å². The van der Waals surface area contributed by atoms with Crippen molar-refractivity contribution >= 4 is 9.84 Å². The molecule has 0 amide bonds. The van der Waals surface area contributed by atoms with Gasteiger partial charge in [-0.2, -0.15) is 0 Å².